The van der Waals surface area contributed by atoms with Gasteiger partial charge in [-0.3, -0.25) is 4.98 Å². The molecule has 0 spiro atoms. The van der Waals surface area contributed by atoms with Gasteiger partial charge in [0.25, 0.3) is 0 Å². The van der Waals surface area contributed by atoms with E-state index in [0.717, 1.165) is 6.54 Å². The molecule has 0 aromatic rings. The summed E-state index contributed by atoms with van der Waals surface area (Å²) < 4.78 is 11.3. The Labute approximate surface area is 88.5 Å². The Balaban J connectivity index is 2.62. The Bertz CT molecular complexity index is 156. The molecule has 0 heterocycles. The third kappa shape index (κ3) is 2.57. The van der Waals surface area contributed by atoms with Crippen molar-refractivity contribution in [2.75, 3.05) is 20.8 Å². The first-order valence-electron chi connectivity index (χ1n) is 5.64. The van der Waals surface area contributed by atoms with E-state index in [0.29, 0.717) is 5.54 Å². The van der Waals surface area contributed by atoms with Gasteiger partial charge < -0.3 is 8.85 Å². The lowest BCUT2D eigenvalue weighted by Crippen LogP contribution is -2.58. The van der Waals surface area contributed by atoms with Gasteiger partial charge in [-0.15, -0.1) is 0 Å². The van der Waals surface area contributed by atoms with Crippen molar-refractivity contribution in [3.8, 4) is 0 Å². The van der Waals surface area contributed by atoms with E-state index in [4.69, 9.17) is 8.85 Å². The highest BCUT2D eigenvalue weighted by Gasteiger charge is 2.44. The zero-order valence-electron chi connectivity index (χ0n) is 9.64. The minimum Gasteiger partial charge on any atom is -0.386 e. The lowest BCUT2D eigenvalue weighted by atomic mass is 10.0. The van der Waals surface area contributed by atoms with E-state index in [9.17, 15) is 0 Å². The number of hydrogen-bond acceptors (Lipinski definition) is 3. The van der Waals surface area contributed by atoms with E-state index in [1.54, 1.807) is 14.2 Å². The summed E-state index contributed by atoms with van der Waals surface area (Å²) in [4.78, 5) is 3.46. The van der Waals surface area contributed by atoms with Gasteiger partial charge in [0.1, 0.15) is 0 Å². The normalized spacial score (nSPS) is 19.9. The first-order chi connectivity index (χ1) is 6.79. The SMILES string of the molecule is CCN[Si](OC)(OC)C1CCCCC1. The van der Waals surface area contributed by atoms with Crippen LogP contribution in [0, 0.1) is 0 Å². The average Bonchev–Trinajstić information content (AvgIpc) is 2.27. The van der Waals surface area contributed by atoms with Gasteiger partial charge in [-0.1, -0.05) is 26.2 Å². The fourth-order valence-corrected chi connectivity index (χ4v) is 5.51. The molecule has 4 heteroatoms. The smallest absolute Gasteiger partial charge is 0.386 e. The van der Waals surface area contributed by atoms with E-state index < -0.39 is 8.72 Å². The minimum absolute atomic E-state index is 0.631. The molecule has 1 rings (SSSR count). The van der Waals surface area contributed by atoms with Gasteiger partial charge in [-0.05, 0) is 19.4 Å². The molecule has 84 valence electrons. The van der Waals surface area contributed by atoms with Crippen LogP contribution in [0.15, 0.2) is 0 Å². The predicted octanol–water partition coefficient (Wildman–Crippen LogP) is 2.16. The molecule has 0 radical (unpaired) electrons. The maximum Gasteiger partial charge on any atom is 0.427 e. The molecule has 1 saturated carbocycles. The third-order valence-corrected chi connectivity index (χ3v) is 6.88. The van der Waals surface area contributed by atoms with Crippen molar-refractivity contribution in [3.63, 3.8) is 0 Å². The first kappa shape index (κ1) is 12.2. The Hall–Kier alpha value is 0.0969. The quantitative estimate of drug-likeness (QED) is 0.716. The van der Waals surface area contributed by atoms with Crippen LogP contribution in [0.3, 0.4) is 0 Å². The van der Waals surface area contributed by atoms with Crippen molar-refractivity contribution < 1.29 is 8.85 Å². The van der Waals surface area contributed by atoms with Crippen molar-refractivity contribution >= 4 is 8.72 Å². The predicted molar refractivity (Wildman–Crippen MR) is 60.3 cm³/mol. The molecule has 1 aliphatic rings. The minimum atomic E-state index is -2.09. The Morgan fingerprint density at radius 2 is 1.71 bits per heavy atom. The molecule has 0 aromatic heterocycles. The standard InChI is InChI=1S/C10H23NO2Si/c1-4-11-14(12-2,13-3)10-8-6-5-7-9-10/h10-11H,4-9H2,1-3H3. The van der Waals surface area contributed by atoms with Gasteiger partial charge >= 0.3 is 8.72 Å². The monoisotopic (exact) mass is 217 g/mol. The van der Waals surface area contributed by atoms with E-state index in [1.807, 2.05) is 0 Å². The van der Waals surface area contributed by atoms with E-state index >= 15 is 0 Å². The van der Waals surface area contributed by atoms with Crippen molar-refractivity contribution in [3.05, 3.63) is 0 Å². The average molecular weight is 217 g/mol. The molecular formula is C10H23NO2Si. The van der Waals surface area contributed by atoms with E-state index in [2.05, 4.69) is 11.9 Å². The van der Waals surface area contributed by atoms with Crippen LogP contribution < -0.4 is 4.98 Å². The molecule has 0 atom stereocenters. The van der Waals surface area contributed by atoms with Gasteiger partial charge in [0.05, 0.1) is 0 Å². The third-order valence-electron chi connectivity index (χ3n) is 3.17. The van der Waals surface area contributed by atoms with E-state index in [1.165, 1.54) is 32.1 Å². The molecule has 0 aromatic carbocycles. The molecule has 14 heavy (non-hydrogen) atoms. The van der Waals surface area contributed by atoms with Crippen molar-refractivity contribution in [1.29, 1.82) is 0 Å². The van der Waals surface area contributed by atoms with Crippen LogP contribution in [-0.2, 0) is 8.85 Å². The summed E-state index contributed by atoms with van der Waals surface area (Å²) in [5.41, 5.74) is 0.631. The zero-order chi connectivity index (χ0) is 10.4. The maximum absolute atomic E-state index is 5.67. The fraction of sp³-hybridized carbons (Fsp3) is 1.00. The highest BCUT2D eigenvalue weighted by Crippen LogP contribution is 2.36. The summed E-state index contributed by atoms with van der Waals surface area (Å²) in [5.74, 6) is 0. The largest absolute Gasteiger partial charge is 0.427 e. The molecule has 1 aliphatic carbocycles. The Kier molecular flexibility index (Phi) is 5.09. The van der Waals surface area contributed by atoms with Gasteiger partial charge in [0.15, 0.2) is 0 Å². The molecule has 1 N–H and O–H groups in total. The summed E-state index contributed by atoms with van der Waals surface area (Å²) in [5, 5.41) is 0. The van der Waals surface area contributed by atoms with Gasteiger partial charge in [-0.25, -0.2) is 0 Å². The fourth-order valence-electron chi connectivity index (χ4n) is 2.43. The maximum atomic E-state index is 5.67. The van der Waals surface area contributed by atoms with Crippen LogP contribution in [0.4, 0.5) is 0 Å². The summed E-state index contributed by atoms with van der Waals surface area (Å²) in [7, 11) is 1.48. The van der Waals surface area contributed by atoms with Gasteiger partial charge in [-0.2, -0.15) is 0 Å². The highest BCUT2D eigenvalue weighted by molar-refractivity contribution is 6.66. The number of hydrogen-bond donors (Lipinski definition) is 1. The van der Waals surface area contributed by atoms with Crippen LogP contribution in [0.2, 0.25) is 5.54 Å². The van der Waals surface area contributed by atoms with Crippen molar-refractivity contribution in [2.24, 2.45) is 0 Å². The van der Waals surface area contributed by atoms with E-state index in [-0.39, 0.29) is 0 Å². The Morgan fingerprint density at radius 1 is 1.14 bits per heavy atom. The summed E-state index contributed by atoms with van der Waals surface area (Å²) in [6.45, 7) is 3.05. The second-order valence-corrected chi connectivity index (χ2v) is 7.26. The summed E-state index contributed by atoms with van der Waals surface area (Å²) in [6.07, 6.45) is 6.57. The second-order valence-electron chi connectivity index (χ2n) is 3.94. The first-order valence-corrected chi connectivity index (χ1v) is 7.53. The van der Waals surface area contributed by atoms with Crippen LogP contribution in [-0.4, -0.2) is 29.5 Å². The van der Waals surface area contributed by atoms with Crippen LogP contribution in [0.25, 0.3) is 0 Å². The summed E-state index contributed by atoms with van der Waals surface area (Å²) >= 11 is 0. The van der Waals surface area contributed by atoms with Crippen molar-refractivity contribution in [1.82, 2.24) is 4.98 Å². The molecule has 0 unspecified atom stereocenters. The number of rotatable bonds is 5. The van der Waals surface area contributed by atoms with Crippen molar-refractivity contribution in [2.45, 2.75) is 44.6 Å². The molecule has 3 nitrogen and oxygen atoms in total. The molecule has 0 aliphatic heterocycles. The molecule has 0 saturated heterocycles. The van der Waals surface area contributed by atoms with Gasteiger partial charge in [0, 0.05) is 19.8 Å². The van der Waals surface area contributed by atoms with Crippen LogP contribution in [0.1, 0.15) is 39.0 Å². The lowest BCUT2D eigenvalue weighted by molar-refractivity contribution is 0.204. The molecule has 1 fully saturated rings. The highest BCUT2D eigenvalue weighted by atomic mass is 28.4. The molecule has 0 amide bonds. The van der Waals surface area contributed by atoms with Crippen LogP contribution in [0.5, 0.6) is 0 Å². The van der Waals surface area contributed by atoms with Crippen LogP contribution >= 0.6 is 0 Å². The molecular weight excluding hydrogens is 194 g/mol. The molecule has 0 bridgehead atoms. The second kappa shape index (κ2) is 5.85. The summed E-state index contributed by atoms with van der Waals surface area (Å²) in [6, 6.07) is 0. The topological polar surface area (TPSA) is 30.5 Å². The Morgan fingerprint density at radius 3 is 2.14 bits per heavy atom. The number of nitrogens with one attached hydrogen (secondary N) is 1. The zero-order valence-corrected chi connectivity index (χ0v) is 10.6. The van der Waals surface area contributed by atoms with Gasteiger partial charge in [0.2, 0.25) is 0 Å². The lowest BCUT2D eigenvalue weighted by Gasteiger charge is -2.36.